The van der Waals surface area contributed by atoms with Gasteiger partial charge < -0.3 is 10.1 Å². The highest BCUT2D eigenvalue weighted by molar-refractivity contribution is 9.10. The van der Waals surface area contributed by atoms with Crippen LogP contribution in [-0.2, 0) is 6.54 Å². The van der Waals surface area contributed by atoms with E-state index in [1.807, 2.05) is 24.3 Å². The Kier molecular flexibility index (Phi) is 4.97. The third-order valence-corrected chi connectivity index (χ3v) is 3.90. The van der Waals surface area contributed by atoms with Crippen molar-refractivity contribution >= 4 is 44.8 Å². The van der Waals surface area contributed by atoms with Gasteiger partial charge in [-0.3, -0.25) is 0 Å². The summed E-state index contributed by atoms with van der Waals surface area (Å²) in [6.45, 7) is 0.631. The van der Waals surface area contributed by atoms with Gasteiger partial charge in [0.25, 0.3) is 0 Å². The Balaban J connectivity index is 2.13. The van der Waals surface area contributed by atoms with Crippen LogP contribution in [0, 0.1) is 0 Å². The van der Waals surface area contributed by atoms with Crippen molar-refractivity contribution in [2.24, 2.45) is 0 Å². The zero-order valence-electron chi connectivity index (χ0n) is 10.2. The largest absolute Gasteiger partial charge is 0.496 e. The van der Waals surface area contributed by atoms with Crippen molar-refractivity contribution in [2.75, 3.05) is 12.4 Å². The first-order chi connectivity index (χ1) is 9.11. The molecule has 0 saturated carbocycles. The Hall–Kier alpha value is -0.900. The summed E-state index contributed by atoms with van der Waals surface area (Å²) >= 11 is 15.7. The van der Waals surface area contributed by atoms with Gasteiger partial charge in [-0.05, 0) is 45.8 Å². The first-order valence-electron chi connectivity index (χ1n) is 5.62. The number of nitrogens with one attached hydrogen (secondary N) is 1. The molecule has 0 bridgehead atoms. The van der Waals surface area contributed by atoms with Crippen molar-refractivity contribution in [3.63, 3.8) is 0 Å². The summed E-state index contributed by atoms with van der Waals surface area (Å²) in [4.78, 5) is 0. The lowest BCUT2D eigenvalue weighted by atomic mass is 10.2. The number of halogens is 3. The predicted molar refractivity (Wildman–Crippen MR) is 84.5 cm³/mol. The number of hydrogen-bond donors (Lipinski definition) is 1. The van der Waals surface area contributed by atoms with Crippen LogP contribution < -0.4 is 10.1 Å². The van der Waals surface area contributed by atoms with E-state index in [1.54, 1.807) is 19.2 Å². The molecule has 0 saturated heterocycles. The normalized spacial score (nSPS) is 10.3. The minimum absolute atomic E-state index is 0.611. The molecule has 2 rings (SSSR count). The van der Waals surface area contributed by atoms with Gasteiger partial charge in [0.15, 0.2) is 0 Å². The van der Waals surface area contributed by atoms with E-state index in [2.05, 4.69) is 21.2 Å². The van der Waals surface area contributed by atoms with Gasteiger partial charge >= 0.3 is 0 Å². The molecule has 19 heavy (non-hydrogen) atoms. The number of anilines is 1. The van der Waals surface area contributed by atoms with Crippen LogP contribution in [-0.4, -0.2) is 7.11 Å². The molecule has 100 valence electrons. The monoisotopic (exact) mass is 359 g/mol. The van der Waals surface area contributed by atoms with E-state index in [4.69, 9.17) is 27.9 Å². The highest BCUT2D eigenvalue weighted by Crippen LogP contribution is 2.31. The topological polar surface area (TPSA) is 21.3 Å². The first-order valence-corrected chi connectivity index (χ1v) is 7.17. The number of hydrogen-bond acceptors (Lipinski definition) is 2. The lowest BCUT2D eigenvalue weighted by molar-refractivity contribution is 0.412. The third kappa shape index (κ3) is 3.56. The van der Waals surface area contributed by atoms with Crippen LogP contribution in [0.25, 0.3) is 0 Å². The van der Waals surface area contributed by atoms with E-state index in [0.29, 0.717) is 16.6 Å². The fraction of sp³-hybridized carbons (Fsp3) is 0.143. The van der Waals surface area contributed by atoms with Gasteiger partial charge in [-0.1, -0.05) is 35.3 Å². The Morgan fingerprint density at radius 2 is 1.84 bits per heavy atom. The summed E-state index contributed by atoms with van der Waals surface area (Å²) in [5.41, 5.74) is 1.85. The molecule has 0 aliphatic rings. The molecule has 5 heteroatoms. The van der Waals surface area contributed by atoms with E-state index in [-0.39, 0.29) is 0 Å². The molecule has 0 aromatic heterocycles. The lowest BCUT2D eigenvalue weighted by Gasteiger charge is -2.11. The first kappa shape index (κ1) is 14.5. The van der Waals surface area contributed by atoms with Gasteiger partial charge in [0, 0.05) is 6.54 Å². The Bertz CT molecular complexity index is 569. The molecule has 0 aliphatic carbocycles. The molecule has 0 fully saturated rings. The summed E-state index contributed by atoms with van der Waals surface area (Å²) in [5.74, 6) is 0.805. The average Bonchev–Trinajstić information content (AvgIpc) is 2.38. The van der Waals surface area contributed by atoms with Gasteiger partial charge in [0.1, 0.15) is 5.75 Å². The summed E-state index contributed by atoms with van der Waals surface area (Å²) in [6, 6.07) is 11.3. The van der Waals surface area contributed by atoms with Gasteiger partial charge in [0.2, 0.25) is 0 Å². The second-order valence-electron chi connectivity index (χ2n) is 3.92. The molecule has 0 amide bonds. The summed E-state index contributed by atoms with van der Waals surface area (Å²) in [5, 5.41) is 4.46. The third-order valence-electron chi connectivity index (χ3n) is 2.65. The van der Waals surface area contributed by atoms with Crippen molar-refractivity contribution in [1.82, 2.24) is 0 Å². The maximum Gasteiger partial charge on any atom is 0.133 e. The molecule has 0 radical (unpaired) electrons. The van der Waals surface area contributed by atoms with Gasteiger partial charge in [-0.15, -0.1) is 0 Å². The molecule has 1 N–H and O–H groups in total. The Labute approximate surface area is 130 Å². The van der Waals surface area contributed by atoms with Gasteiger partial charge in [-0.2, -0.15) is 0 Å². The van der Waals surface area contributed by atoms with Gasteiger partial charge in [0.05, 0.1) is 27.3 Å². The van der Waals surface area contributed by atoms with Crippen LogP contribution in [0.1, 0.15) is 5.56 Å². The fourth-order valence-electron chi connectivity index (χ4n) is 1.68. The molecule has 2 aromatic carbocycles. The fourth-order valence-corrected chi connectivity index (χ4v) is 2.80. The van der Waals surface area contributed by atoms with E-state index < -0.39 is 0 Å². The molecule has 0 aliphatic heterocycles. The van der Waals surface area contributed by atoms with Crippen molar-refractivity contribution in [2.45, 2.75) is 6.54 Å². The van der Waals surface area contributed by atoms with Crippen LogP contribution in [0.5, 0.6) is 5.75 Å². The second-order valence-corrected chi connectivity index (χ2v) is 5.59. The summed E-state index contributed by atoms with van der Waals surface area (Å²) < 4.78 is 6.11. The number of rotatable bonds is 4. The Morgan fingerprint density at radius 1 is 1.16 bits per heavy atom. The maximum absolute atomic E-state index is 6.10. The predicted octanol–water partition coefficient (Wildman–Crippen LogP) is 5.38. The highest BCUT2D eigenvalue weighted by atomic mass is 79.9. The maximum atomic E-state index is 6.10. The molecule has 2 nitrogen and oxygen atoms in total. The zero-order chi connectivity index (χ0) is 13.8. The zero-order valence-corrected chi connectivity index (χ0v) is 13.3. The minimum Gasteiger partial charge on any atom is -0.496 e. The molecular formula is C14H12BrCl2NO. The highest BCUT2D eigenvalue weighted by Gasteiger charge is 2.06. The van der Waals surface area contributed by atoms with E-state index in [9.17, 15) is 0 Å². The van der Waals surface area contributed by atoms with Crippen LogP contribution in [0.3, 0.4) is 0 Å². The number of methoxy groups -OCH3 is 1. The number of para-hydroxylation sites is 1. The minimum atomic E-state index is 0.611. The summed E-state index contributed by atoms with van der Waals surface area (Å²) in [6.07, 6.45) is 0. The molecule has 2 aromatic rings. The Morgan fingerprint density at radius 3 is 2.42 bits per heavy atom. The van der Waals surface area contributed by atoms with Crippen LogP contribution in [0.4, 0.5) is 5.69 Å². The van der Waals surface area contributed by atoms with E-state index in [0.717, 1.165) is 21.5 Å². The lowest BCUT2D eigenvalue weighted by Crippen LogP contribution is -2.01. The molecule has 0 atom stereocenters. The molecule has 0 heterocycles. The number of benzene rings is 2. The second kappa shape index (κ2) is 6.51. The van der Waals surface area contributed by atoms with Crippen molar-refractivity contribution in [3.8, 4) is 5.75 Å². The molecule has 0 spiro atoms. The van der Waals surface area contributed by atoms with E-state index >= 15 is 0 Å². The van der Waals surface area contributed by atoms with Crippen LogP contribution in [0.2, 0.25) is 10.0 Å². The van der Waals surface area contributed by atoms with Crippen LogP contribution >= 0.6 is 39.1 Å². The number of ether oxygens (including phenoxy) is 1. The van der Waals surface area contributed by atoms with E-state index in [1.165, 1.54) is 0 Å². The SMILES string of the molecule is COc1ccc(CNc2c(Cl)cccc2Cl)cc1Br. The van der Waals surface area contributed by atoms with Crippen molar-refractivity contribution in [3.05, 3.63) is 56.5 Å². The van der Waals surface area contributed by atoms with Crippen LogP contribution in [0.15, 0.2) is 40.9 Å². The summed E-state index contributed by atoms with van der Waals surface area (Å²) in [7, 11) is 1.64. The smallest absolute Gasteiger partial charge is 0.133 e. The van der Waals surface area contributed by atoms with Gasteiger partial charge in [-0.25, -0.2) is 0 Å². The van der Waals surface area contributed by atoms with Crippen molar-refractivity contribution < 1.29 is 4.74 Å². The average molecular weight is 361 g/mol. The quantitative estimate of drug-likeness (QED) is 0.790. The molecule has 0 unspecified atom stereocenters. The molecular weight excluding hydrogens is 349 g/mol. The standard InChI is InChI=1S/C14H12BrCl2NO/c1-19-13-6-5-9(7-10(13)15)8-18-14-11(16)3-2-4-12(14)17/h2-7,18H,8H2,1H3. The van der Waals surface area contributed by atoms with Crippen molar-refractivity contribution in [1.29, 1.82) is 0 Å².